The predicted octanol–water partition coefficient (Wildman–Crippen LogP) is 0.0843. The highest BCUT2D eigenvalue weighted by Gasteiger charge is 2.07. The third-order valence-electron chi connectivity index (χ3n) is 2.18. The lowest BCUT2D eigenvalue weighted by molar-refractivity contribution is 0.598. The van der Waals surface area contributed by atoms with Gasteiger partial charge in [-0.2, -0.15) is 5.10 Å². The van der Waals surface area contributed by atoms with Gasteiger partial charge in [0.15, 0.2) is 0 Å². The molecule has 1 aromatic carbocycles. The van der Waals surface area contributed by atoms with Gasteiger partial charge in [0.05, 0.1) is 11.1 Å². The Bertz CT molecular complexity index is 689. The molecule has 0 aliphatic carbocycles. The minimum absolute atomic E-state index is 0.0269. The van der Waals surface area contributed by atoms with E-state index in [1.807, 2.05) is 0 Å². The Morgan fingerprint density at radius 2 is 1.76 bits per heavy atom. The average Bonchev–Trinajstić information content (AvgIpc) is 2.28. The van der Waals surface area contributed by atoms with E-state index in [-0.39, 0.29) is 10.5 Å². The fourth-order valence-electron chi connectivity index (χ4n) is 1.37. The lowest BCUT2D eigenvalue weighted by atomic mass is 10.1. The molecule has 6 nitrogen and oxygen atoms in total. The number of H-pyrrole nitrogens is 1. The highest BCUT2D eigenvalue weighted by atomic mass is 32.2. The Labute approximate surface area is 97.2 Å². The van der Waals surface area contributed by atoms with Crippen LogP contribution in [0.3, 0.4) is 0 Å². The highest BCUT2D eigenvalue weighted by molar-refractivity contribution is 7.89. The minimum atomic E-state index is -3.69. The van der Waals surface area contributed by atoms with Crippen molar-refractivity contribution in [1.82, 2.24) is 10.2 Å². The van der Waals surface area contributed by atoms with Crippen molar-refractivity contribution in [1.29, 1.82) is 0 Å². The number of hydrogen-bond acceptors (Lipinski definition) is 4. The molecule has 88 valence electrons. The van der Waals surface area contributed by atoms with Crippen molar-refractivity contribution in [3.8, 4) is 11.1 Å². The molecule has 0 unspecified atom stereocenters. The van der Waals surface area contributed by atoms with E-state index >= 15 is 0 Å². The van der Waals surface area contributed by atoms with E-state index < -0.39 is 10.0 Å². The van der Waals surface area contributed by atoms with Crippen LogP contribution in [0.4, 0.5) is 0 Å². The maximum atomic E-state index is 11.1. The molecular weight excluding hydrogens is 242 g/mol. The Hall–Kier alpha value is -1.99. The summed E-state index contributed by atoms with van der Waals surface area (Å²) < 4.78 is 22.1. The summed E-state index contributed by atoms with van der Waals surface area (Å²) in [4.78, 5) is 11.1. The highest BCUT2D eigenvalue weighted by Crippen LogP contribution is 2.18. The van der Waals surface area contributed by atoms with Gasteiger partial charge < -0.3 is 0 Å². The van der Waals surface area contributed by atoms with Crippen LogP contribution in [0.15, 0.2) is 46.2 Å². The Balaban J connectivity index is 2.46. The molecule has 1 aromatic heterocycles. The van der Waals surface area contributed by atoms with Crippen LogP contribution in [0.25, 0.3) is 11.1 Å². The first-order valence-corrected chi connectivity index (χ1v) is 6.19. The molecule has 2 rings (SSSR count). The molecule has 0 atom stereocenters. The second-order valence-electron chi connectivity index (χ2n) is 3.40. The van der Waals surface area contributed by atoms with Crippen LogP contribution in [0.2, 0.25) is 0 Å². The summed E-state index contributed by atoms with van der Waals surface area (Å²) in [6, 6.07) is 7.27. The van der Waals surface area contributed by atoms with Gasteiger partial charge in [-0.1, -0.05) is 12.1 Å². The summed E-state index contributed by atoms with van der Waals surface area (Å²) in [5.41, 5.74) is 0.976. The molecule has 0 bridgehead atoms. The first-order valence-electron chi connectivity index (χ1n) is 4.65. The smallest absolute Gasteiger partial charge is 0.264 e. The van der Waals surface area contributed by atoms with Crippen molar-refractivity contribution in [3.63, 3.8) is 0 Å². The SMILES string of the molecule is NS(=O)(=O)c1ccc(-c2cn[nH]c(=O)c2)cc1. The zero-order chi connectivity index (χ0) is 12.5. The van der Waals surface area contributed by atoms with Gasteiger partial charge in [-0.3, -0.25) is 4.79 Å². The molecule has 0 saturated carbocycles. The van der Waals surface area contributed by atoms with E-state index in [0.717, 1.165) is 0 Å². The third kappa shape index (κ3) is 2.58. The number of sulfonamides is 1. The van der Waals surface area contributed by atoms with Crippen LogP contribution >= 0.6 is 0 Å². The van der Waals surface area contributed by atoms with E-state index in [4.69, 9.17) is 5.14 Å². The number of aromatic nitrogens is 2. The fraction of sp³-hybridized carbons (Fsp3) is 0. The molecule has 7 heteroatoms. The molecule has 0 fully saturated rings. The van der Waals surface area contributed by atoms with E-state index in [2.05, 4.69) is 10.2 Å². The molecule has 2 aromatic rings. The van der Waals surface area contributed by atoms with Crippen LogP contribution in [0.5, 0.6) is 0 Å². The molecule has 1 heterocycles. The quantitative estimate of drug-likeness (QED) is 0.788. The summed E-state index contributed by atoms with van der Waals surface area (Å²) >= 11 is 0. The summed E-state index contributed by atoms with van der Waals surface area (Å²) in [7, 11) is -3.69. The topological polar surface area (TPSA) is 106 Å². The van der Waals surface area contributed by atoms with Crippen LogP contribution in [0.1, 0.15) is 0 Å². The summed E-state index contributed by atoms with van der Waals surface area (Å²) in [5, 5.41) is 10.9. The summed E-state index contributed by atoms with van der Waals surface area (Å²) in [6.07, 6.45) is 1.48. The van der Waals surface area contributed by atoms with Crippen molar-refractivity contribution < 1.29 is 8.42 Å². The maximum Gasteiger partial charge on any atom is 0.264 e. The molecule has 3 N–H and O–H groups in total. The van der Waals surface area contributed by atoms with Gasteiger partial charge in [-0.15, -0.1) is 0 Å². The minimum Gasteiger partial charge on any atom is -0.268 e. The van der Waals surface area contributed by atoms with Crippen molar-refractivity contribution in [2.24, 2.45) is 5.14 Å². The van der Waals surface area contributed by atoms with E-state index in [0.29, 0.717) is 11.1 Å². The monoisotopic (exact) mass is 251 g/mol. The van der Waals surface area contributed by atoms with Crippen molar-refractivity contribution in [3.05, 3.63) is 46.9 Å². The Kier molecular flexibility index (Phi) is 2.78. The van der Waals surface area contributed by atoms with Gasteiger partial charge in [0, 0.05) is 11.6 Å². The molecule has 0 saturated heterocycles. The fourth-order valence-corrected chi connectivity index (χ4v) is 1.89. The molecular formula is C10H9N3O3S. The van der Waals surface area contributed by atoms with Gasteiger partial charge in [0.25, 0.3) is 5.56 Å². The zero-order valence-electron chi connectivity index (χ0n) is 8.62. The summed E-state index contributed by atoms with van der Waals surface area (Å²) in [5.74, 6) is 0. The Morgan fingerprint density at radius 1 is 1.12 bits per heavy atom. The largest absolute Gasteiger partial charge is 0.268 e. The van der Waals surface area contributed by atoms with Crippen LogP contribution < -0.4 is 10.7 Å². The second kappa shape index (κ2) is 4.11. The number of benzene rings is 1. The Morgan fingerprint density at radius 3 is 2.29 bits per heavy atom. The van der Waals surface area contributed by atoms with Gasteiger partial charge in [-0.05, 0) is 17.7 Å². The number of rotatable bonds is 2. The number of hydrogen-bond donors (Lipinski definition) is 2. The van der Waals surface area contributed by atoms with Crippen molar-refractivity contribution >= 4 is 10.0 Å². The molecule has 0 spiro atoms. The van der Waals surface area contributed by atoms with Crippen molar-refractivity contribution in [2.75, 3.05) is 0 Å². The van der Waals surface area contributed by atoms with Crippen LogP contribution in [-0.2, 0) is 10.0 Å². The van der Waals surface area contributed by atoms with Crippen LogP contribution in [0, 0.1) is 0 Å². The van der Waals surface area contributed by atoms with E-state index in [9.17, 15) is 13.2 Å². The normalized spacial score (nSPS) is 11.4. The number of primary sulfonamides is 1. The molecule has 0 radical (unpaired) electrons. The maximum absolute atomic E-state index is 11.1. The van der Waals surface area contributed by atoms with Gasteiger partial charge in [-0.25, -0.2) is 18.7 Å². The number of nitrogens with two attached hydrogens (primary N) is 1. The first kappa shape index (κ1) is 11.5. The number of aromatic amines is 1. The lowest BCUT2D eigenvalue weighted by Gasteiger charge is -2.01. The van der Waals surface area contributed by atoms with Crippen LogP contribution in [-0.4, -0.2) is 18.6 Å². The molecule has 0 aliphatic rings. The molecule has 0 aliphatic heterocycles. The van der Waals surface area contributed by atoms with Gasteiger partial charge in [0.1, 0.15) is 0 Å². The average molecular weight is 251 g/mol. The molecule has 17 heavy (non-hydrogen) atoms. The van der Waals surface area contributed by atoms with Gasteiger partial charge in [0.2, 0.25) is 10.0 Å². The molecule has 0 amide bonds. The van der Waals surface area contributed by atoms with E-state index in [1.165, 1.54) is 24.4 Å². The number of nitrogens with one attached hydrogen (secondary N) is 1. The second-order valence-corrected chi connectivity index (χ2v) is 4.96. The number of nitrogens with zero attached hydrogens (tertiary/aromatic N) is 1. The zero-order valence-corrected chi connectivity index (χ0v) is 9.44. The van der Waals surface area contributed by atoms with Crippen molar-refractivity contribution in [2.45, 2.75) is 4.90 Å². The first-order chi connectivity index (χ1) is 7.97. The summed E-state index contributed by atoms with van der Waals surface area (Å²) in [6.45, 7) is 0. The standard InChI is InChI=1S/C10H9N3O3S/c11-17(15,16)9-3-1-7(2-4-9)8-5-10(14)13-12-6-8/h1-6H,(H,13,14)(H2,11,15,16). The van der Waals surface area contributed by atoms with Gasteiger partial charge >= 0.3 is 0 Å². The predicted molar refractivity (Wildman–Crippen MR) is 61.7 cm³/mol. The lowest BCUT2D eigenvalue weighted by Crippen LogP contribution is -2.11. The third-order valence-corrected chi connectivity index (χ3v) is 3.11. The van der Waals surface area contributed by atoms with E-state index in [1.54, 1.807) is 12.1 Å².